The van der Waals surface area contributed by atoms with Crippen LogP contribution in [-0.2, 0) is 9.53 Å². The molecule has 7 nitrogen and oxygen atoms in total. The number of carbonyl (C=O) groups excluding carboxylic acids is 2. The van der Waals surface area contributed by atoms with Crippen LogP contribution in [0.5, 0.6) is 0 Å². The maximum Gasteiger partial charge on any atom is 0.360 e. The lowest BCUT2D eigenvalue weighted by atomic mass is 10.5. The highest BCUT2D eigenvalue weighted by Gasteiger charge is 2.18. The van der Waals surface area contributed by atoms with Crippen LogP contribution in [-0.4, -0.2) is 43.6 Å². The highest BCUT2D eigenvalue weighted by atomic mass is 16.5. The fraction of sp³-hybridized carbons (Fsp3) is 0.545. The number of ether oxygens (including phenoxy) is 1. The van der Waals surface area contributed by atoms with E-state index in [9.17, 15) is 9.59 Å². The number of likely N-dealkylation sites (N-methyl/N-ethyl adjacent to an activating group) is 2. The van der Waals surface area contributed by atoms with Crippen molar-refractivity contribution in [2.24, 2.45) is 0 Å². The highest BCUT2D eigenvalue weighted by molar-refractivity contribution is 5.87. The molecule has 1 heterocycles. The Hall–Kier alpha value is -2.05. The van der Waals surface area contributed by atoms with Crippen LogP contribution in [0.4, 0.5) is 6.01 Å². The molecular formula is C11H17N3O4. The van der Waals surface area contributed by atoms with E-state index in [1.807, 2.05) is 6.92 Å². The number of amides is 1. The Balaban J connectivity index is 2.76. The second-order valence-electron chi connectivity index (χ2n) is 3.42. The average molecular weight is 255 g/mol. The minimum Gasteiger partial charge on any atom is -0.461 e. The van der Waals surface area contributed by atoms with Gasteiger partial charge in [-0.25, -0.2) is 4.79 Å². The average Bonchev–Trinajstić information content (AvgIpc) is 2.85. The molecule has 1 aromatic rings. The van der Waals surface area contributed by atoms with Crippen molar-refractivity contribution in [3.8, 4) is 0 Å². The van der Waals surface area contributed by atoms with E-state index in [-0.39, 0.29) is 30.8 Å². The molecule has 1 N–H and O–H groups in total. The first kappa shape index (κ1) is 14.0. The maximum atomic E-state index is 11.4. The Morgan fingerprint density at radius 2 is 2.22 bits per heavy atom. The zero-order valence-corrected chi connectivity index (χ0v) is 10.7. The lowest BCUT2D eigenvalue weighted by Gasteiger charge is -2.16. The Bertz CT molecular complexity index is 416. The Morgan fingerprint density at radius 1 is 1.50 bits per heavy atom. The fourth-order valence-corrected chi connectivity index (χ4v) is 1.28. The van der Waals surface area contributed by atoms with Gasteiger partial charge in [-0.2, -0.15) is 4.98 Å². The van der Waals surface area contributed by atoms with Crippen molar-refractivity contribution >= 4 is 17.9 Å². The molecule has 0 bridgehead atoms. The molecule has 0 saturated heterocycles. The van der Waals surface area contributed by atoms with Gasteiger partial charge in [0, 0.05) is 13.6 Å². The van der Waals surface area contributed by atoms with Gasteiger partial charge in [0.15, 0.2) is 5.69 Å². The van der Waals surface area contributed by atoms with E-state index >= 15 is 0 Å². The molecule has 0 unspecified atom stereocenters. The van der Waals surface area contributed by atoms with Crippen molar-refractivity contribution in [2.75, 3.05) is 31.6 Å². The van der Waals surface area contributed by atoms with Crippen molar-refractivity contribution in [2.45, 2.75) is 13.8 Å². The van der Waals surface area contributed by atoms with Crippen molar-refractivity contribution < 1.29 is 18.7 Å². The standard InChI is InChI=1S/C11H17N3O4/c1-4-14(6-9(15)12-3)11-13-8(7-18-11)10(16)17-5-2/h7H,4-6H2,1-3H3,(H,12,15). The molecule has 0 aromatic carbocycles. The van der Waals surface area contributed by atoms with E-state index in [2.05, 4.69) is 10.3 Å². The van der Waals surface area contributed by atoms with Gasteiger partial charge in [0.05, 0.1) is 6.61 Å². The molecule has 0 aliphatic heterocycles. The largest absolute Gasteiger partial charge is 0.461 e. The molecular weight excluding hydrogens is 238 g/mol. The Morgan fingerprint density at radius 3 is 2.78 bits per heavy atom. The first-order valence-corrected chi connectivity index (χ1v) is 5.70. The predicted molar refractivity (Wildman–Crippen MR) is 64.4 cm³/mol. The fourth-order valence-electron chi connectivity index (χ4n) is 1.28. The second-order valence-corrected chi connectivity index (χ2v) is 3.42. The summed E-state index contributed by atoms with van der Waals surface area (Å²) in [6, 6.07) is 0.226. The zero-order valence-electron chi connectivity index (χ0n) is 10.7. The van der Waals surface area contributed by atoms with Crippen molar-refractivity contribution in [3.05, 3.63) is 12.0 Å². The van der Waals surface area contributed by atoms with Gasteiger partial charge < -0.3 is 19.4 Å². The number of oxazole rings is 1. The van der Waals surface area contributed by atoms with Crippen LogP contribution in [0, 0.1) is 0 Å². The molecule has 1 amide bonds. The first-order valence-electron chi connectivity index (χ1n) is 5.70. The third kappa shape index (κ3) is 3.47. The van der Waals surface area contributed by atoms with Crippen LogP contribution in [0.2, 0.25) is 0 Å². The summed E-state index contributed by atoms with van der Waals surface area (Å²) >= 11 is 0. The predicted octanol–water partition coefficient (Wildman–Crippen LogP) is 0.424. The number of nitrogens with zero attached hydrogens (tertiary/aromatic N) is 2. The number of aromatic nitrogens is 1. The summed E-state index contributed by atoms with van der Waals surface area (Å²) < 4.78 is 9.96. The van der Waals surface area contributed by atoms with Crippen LogP contribution in [0.1, 0.15) is 24.3 Å². The van der Waals surface area contributed by atoms with Crippen LogP contribution in [0.25, 0.3) is 0 Å². The summed E-state index contributed by atoms with van der Waals surface area (Å²) in [5.74, 6) is -0.698. The summed E-state index contributed by atoms with van der Waals surface area (Å²) in [7, 11) is 1.55. The minimum atomic E-state index is -0.538. The van der Waals surface area contributed by atoms with E-state index in [0.29, 0.717) is 6.54 Å². The molecule has 0 saturated carbocycles. The smallest absolute Gasteiger partial charge is 0.360 e. The molecule has 0 radical (unpaired) electrons. The molecule has 1 rings (SSSR count). The molecule has 0 aliphatic carbocycles. The molecule has 0 atom stereocenters. The number of carbonyl (C=O) groups is 2. The second kappa shape index (κ2) is 6.63. The first-order chi connectivity index (χ1) is 8.62. The van der Waals surface area contributed by atoms with Gasteiger partial charge in [-0.05, 0) is 13.8 Å². The molecule has 0 fully saturated rings. The topological polar surface area (TPSA) is 84.7 Å². The third-order valence-electron chi connectivity index (χ3n) is 2.24. The van der Waals surface area contributed by atoms with Gasteiger partial charge in [0.25, 0.3) is 6.01 Å². The SMILES string of the molecule is CCOC(=O)c1coc(N(CC)CC(=O)NC)n1. The summed E-state index contributed by atoms with van der Waals surface area (Å²) in [5, 5.41) is 2.51. The van der Waals surface area contributed by atoms with Crippen LogP contribution >= 0.6 is 0 Å². The lowest BCUT2D eigenvalue weighted by molar-refractivity contribution is -0.119. The van der Waals surface area contributed by atoms with Crippen LogP contribution in [0.3, 0.4) is 0 Å². The molecule has 100 valence electrons. The van der Waals surface area contributed by atoms with Crippen LogP contribution in [0.15, 0.2) is 10.7 Å². The van der Waals surface area contributed by atoms with Crippen molar-refractivity contribution in [1.29, 1.82) is 0 Å². The quantitative estimate of drug-likeness (QED) is 0.742. The number of anilines is 1. The normalized spacial score (nSPS) is 9.94. The number of rotatable bonds is 6. The Labute approximate surface area is 105 Å². The number of esters is 1. The molecule has 0 spiro atoms. The lowest BCUT2D eigenvalue weighted by Crippen LogP contribution is -2.35. The molecule has 0 aliphatic rings. The van der Waals surface area contributed by atoms with Gasteiger partial charge in [-0.15, -0.1) is 0 Å². The van der Waals surface area contributed by atoms with Gasteiger partial charge >= 0.3 is 5.97 Å². The summed E-state index contributed by atoms with van der Waals surface area (Å²) in [5.41, 5.74) is 0.0993. The highest BCUT2D eigenvalue weighted by Crippen LogP contribution is 2.13. The monoisotopic (exact) mass is 255 g/mol. The van der Waals surface area contributed by atoms with Crippen molar-refractivity contribution in [3.63, 3.8) is 0 Å². The van der Waals surface area contributed by atoms with Crippen molar-refractivity contribution in [1.82, 2.24) is 10.3 Å². The summed E-state index contributed by atoms with van der Waals surface area (Å²) in [6.07, 6.45) is 1.22. The van der Waals surface area contributed by atoms with Gasteiger partial charge in [-0.1, -0.05) is 0 Å². The molecule has 1 aromatic heterocycles. The van der Waals surface area contributed by atoms with E-state index in [4.69, 9.17) is 9.15 Å². The minimum absolute atomic E-state index is 0.0993. The van der Waals surface area contributed by atoms with E-state index in [1.54, 1.807) is 18.9 Å². The van der Waals surface area contributed by atoms with Gasteiger partial charge in [-0.3, -0.25) is 4.79 Å². The maximum absolute atomic E-state index is 11.4. The summed E-state index contributed by atoms with van der Waals surface area (Å²) in [4.78, 5) is 28.3. The van der Waals surface area contributed by atoms with E-state index in [0.717, 1.165) is 0 Å². The molecule has 7 heteroatoms. The van der Waals surface area contributed by atoms with E-state index < -0.39 is 5.97 Å². The van der Waals surface area contributed by atoms with Crippen LogP contribution < -0.4 is 10.2 Å². The Kier molecular flexibility index (Phi) is 5.16. The van der Waals surface area contributed by atoms with Gasteiger partial charge in [0.2, 0.25) is 5.91 Å². The van der Waals surface area contributed by atoms with Gasteiger partial charge in [0.1, 0.15) is 12.8 Å². The summed E-state index contributed by atoms with van der Waals surface area (Å²) in [6.45, 7) is 4.50. The number of nitrogens with one attached hydrogen (secondary N) is 1. The number of hydrogen-bond acceptors (Lipinski definition) is 6. The van der Waals surface area contributed by atoms with E-state index in [1.165, 1.54) is 6.26 Å². The zero-order chi connectivity index (χ0) is 13.5. The number of hydrogen-bond donors (Lipinski definition) is 1. The molecule has 18 heavy (non-hydrogen) atoms. The third-order valence-corrected chi connectivity index (χ3v) is 2.24.